The van der Waals surface area contributed by atoms with E-state index < -0.39 is 5.92 Å². The fourth-order valence-corrected chi connectivity index (χ4v) is 1.61. The number of carbonyl (C=O) groups is 1. The molecular weight excluding hydrogens is 252 g/mol. The summed E-state index contributed by atoms with van der Waals surface area (Å²) in [6.45, 7) is 4.85. The molecule has 1 atom stereocenters. The molecule has 0 aliphatic rings. The van der Waals surface area contributed by atoms with Gasteiger partial charge in [-0.05, 0) is 25.0 Å². The van der Waals surface area contributed by atoms with Crippen LogP contribution in [0.2, 0.25) is 0 Å². The quantitative estimate of drug-likeness (QED) is 0.614. The third kappa shape index (κ3) is 4.88. The molecule has 0 bridgehead atoms. The molecule has 1 aromatic carbocycles. The average Bonchev–Trinajstić information content (AvgIpc) is 2.50. The van der Waals surface area contributed by atoms with Crippen LogP contribution in [0.4, 0.5) is 0 Å². The van der Waals surface area contributed by atoms with Crippen molar-refractivity contribution in [1.82, 2.24) is 4.90 Å². The van der Waals surface area contributed by atoms with Crippen LogP contribution < -0.4 is 0 Å². The van der Waals surface area contributed by atoms with E-state index in [-0.39, 0.29) is 12.6 Å². The Labute approximate surface area is 120 Å². The van der Waals surface area contributed by atoms with Crippen LogP contribution in [0.15, 0.2) is 42.1 Å². The summed E-state index contributed by atoms with van der Waals surface area (Å²) < 4.78 is 5.29. The first kappa shape index (κ1) is 16.0. The highest BCUT2D eigenvalue weighted by Gasteiger charge is 2.18. The van der Waals surface area contributed by atoms with Crippen molar-refractivity contribution in [3.63, 3.8) is 0 Å². The molecule has 108 valence electrons. The van der Waals surface area contributed by atoms with E-state index in [9.17, 15) is 4.79 Å². The molecule has 1 rings (SSSR count). The normalized spacial score (nSPS) is 12.7. The van der Waals surface area contributed by atoms with Crippen molar-refractivity contribution in [1.29, 1.82) is 5.41 Å². The maximum atomic E-state index is 12.0. The molecule has 0 saturated carbocycles. The molecule has 1 N–H and O–H groups in total. The lowest BCUT2D eigenvalue weighted by Crippen LogP contribution is -2.20. The van der Waals surface area contributed by atoms with Gasteiger partial charge in [-0.15, -0.1) is 0 Å². The molecule has 0 spiro atoms. The lowest BCUT2D eigenvalue weighted by molar-refractivity contribution is -0.147. The number of esters is 1. The van der Waals surface area contributed by atoms with Crippen LogP contribution in [0.25, 0.3) is 0 Å². The highest BCUT2D eigenvalue weighted by Crippen LogP contribution is 2.12. The zero-order valence-corrected chi connectivity index (χ0v) is 12.3. The number of hydrogen-bond donors (Lipinski definition) is 1. The van der Waals surface area contributed by atoms with Gasteiger partial charge in [-0.25, -0.2) is 0 Å². The smallest absolute Gasteiger partial charge is 0.313 e. The molecule has 0 radical (unpaired) electrons. The molecule has 1 aromatic rings. The average molecular weight is 274 g/mol. The second kappa shape index (κ2) is 8.15. The van der Waals surface area contributed by atoms with Crippen molar-refractivity contribution in [2.45, 2.75) is 20.5 Å². The van der Waals surface area contributed by atoms with Crippen molar-refractivity contribution in [3.05, 3.63) is 47.7 Å². The molecule has 0 aliphatic heterocycles. The number of benzene rings is 1. The third-order valence-electron chi connectivity index (χ3n) is 3.11. The second-order valence-electron chi connectivity index (χ2n) is 4.66. The van der Waals surface area contributed by atoms with Crippen LogP contribution in [0.3, 0.4) is 0 Å². The van der Waals surface area contributed by atoms with Crippen LogP contribution in [0.5, 0.6) is 0 Å². The van der Waals surface area contributed by atoms with Crippen molar-refractivity contribution < 1.29 is 9.53 Å². The minimum atomic E-state index is -0.440. The highest BCUT2D eigenvalue weighted by atomic mass is 16.5. The van der Waals surface area contributed by atoms with E-state index in [4.69, 9.17) is 10.1 Å². The van der Waals surface area contributed by atoms with Crippen molar-refractivity contribution >= 4 is 12.2 Å². The lowest BCUT2D eigenvalue weighted by Gasteiger charge is -2.16. The first-order chi connectivity index (χ1) is 9.58. The van der Waals surface area contributed by atoms with Gasteiger partial charge in [0, 0.05) is 26.0 Å². The standard InChI is InChI=1S/C16H22N2O2/c1-4-18(3)11-15(10-17)13(2)16(19)20-12-14-8-6-5-7-9-14/h5-11,13,17H,4,12H2,1-3H3/b15-11+,17-10?/t13-/m1/s1. The number of rotatable bonds is 7. The predicted molar refractivity (Wildman–Crippen MR) is 80.6 cm³/mol. The van der Waals surface area contributed by atoms with Crippen molar-refractivity contribution in [3.8, 4) is 0 Å². The summed E-state index contributed by atoms with van der Waals surface area (Å²) >= 11 is 0. The number of nitrogens with one attached hydrogen (secondary N) is 1. The number of nitrogens with zero attached hydrogens (tertiary/aromatic N) is 1. The minimum absolute atomic E-state index is 0.263. The van der Waals surface area contributed by atoms with E-state index in [2.05, 4.69) is 0 Å². The third-order valence-corrected chi connectivity index (χ3v) is 3.11. The zero-order chi connectivity index (χ0) is 15.0. The molecule has 0 unspecified atom stereocenters. The summed E-state index contributed by atoms with van der Waals surface area (Å²) in [5.74, 6) is -0.752. The zero-order valence-electron chi connectivity index (χ0n) is 12.3. The van der Waals surface area contributed by atoms with Crippen LogP contribution >= 0.6 is 0 Å². The van der Waals surface area contributed by atoms with Crippen molar-refractivity contribution in [2.24, 2.45) is 5.92 Å². The lowest BCUT2D eigenvalue weighted by atomic mass is 10.0. The maximum absolute atomic E-state index is 12.0. The monoisotopic (exact) mass is 274 g/mol. The van der Waals surface area contributed by atoms with Crippen LogP contribution in [0, 0.1) is 11.3 Å². The Bertz CT molecular complexity index is 469. The maximum Gasteiger partial charge on any atom is 0.313 e. The summed E-state index contributed by atoms with van der Waals surface area (Å²) in [7, 11) is 1.91. The van der Waals surface area contributed by atoms with Gasteiger partial charge in [0.2, 0.25) is 0 Å². The molecule has 4 heteroatoms. The molecule has 0 aliphatic carbocycles. The second-order valence-corrected chi connectivity index (χ2v) is 4.66. The van der Waals surface area contributed by atoms with Gasteiger partial charge in [-0.1, -0.05) is 30.3 Å². The summed E-state index contributed by atoms with van der Waals surface area (Å²) in [5.41, 5.74) is 1.60. The van der Waals surface area contributed by atoms with Crippen LogP contribution in [0.1, 0.15) is 19.4 Å². The Kier molecular flexibility index (Phi) is 6.50. The number of ether oxygens (including phenoxy) is 1. The molecule has 20 heavy (non-hydrogen) atoms. The fourth-order valence-electron chi connectivity index (χ4n) is 1.61. The Morgan fingerprint density at radius 2 is 2.05 bits per heavy atom. The molecule has 0 amide bonds. The topological polar surface area (TPSA) is 53.4 Å². The molecule has 0 fully saturated rings. The first-order valence-electron chi connectivity index (χ1n) is 6.71. The Hall–Kier alpha value is -2.10. The van der Waals surface area contributed by atoms with Gasteiger partial charge in [0.25, 0.3) is 0 Å². The molecule has 0 aromatic heterocycles. The van der Waals surface area contributed by atoms with Gasteiger partial charge in [-0.2, -0.15) is 0 Å². The van der Waals surface area contributed by atoms with E-state index in [1.54, 1.807) is 13.1 Å². The van der Waals surface area contributed by atoms with Gasteiger partial charge >= 0.3 is 5.97 Å². The minimum Gasteiger partial charge on any atom is -0.460 e. The van der Waals surface area contributed by atoms with Crippen LogP contribution in [-0.2, 0) is 16.1 Å². The van der Waals surface area contributed by atoms with E-state index in [1.807, 2.05) is 49.2 Å². The Balaban J connectivity index is 2.61. The largest absolute Gasteiger partial charge is 0.460 e. The molecular formula is C16H22N2O2. The molecule has 0 saturated heterocycles. The predicted octanol–water partition coefficient (Wildman–Crippen LogP) is 2.85. The van der Waals surface area contributed by atoms with Gasteiger partial charge in [0.1, 0.15) is 6.61 Å². The number of carbonyl (C=O) groups excluding carboxylic acids is 1. The summed E-state index contributed by atoms with van der Waals surface area (Å²) in [5, 5.41) is 7.42. The summed E-state index contributed by atoms with van der Waals surface area (Å²) in [6, 6.07) is 9.56. The molecule has 0 heterocycles. The van der Waals surface area contributed by atoms with Gasteiger partial charge in [0.05, 0.1) is 5.92 Å². The van der Waals surface area contributed by atoms with Crippen LogP contribution in [-0.4, -0.2) is 30.7 Å². The Morgan fingerprint density at radius 3 is 2.60 bits per heavy atom. The number of hydrogen-bond acceptors (Lipinski definition) is 4. The SMILES string of the molecule is CCN(C)/C=C(\C=N)[C@@H](C)C(=O)OCc1ccccc1. The molecule has 4 nitrogen and oxygen atoms in total. The highest BCUT2D eigenvalue weighted by molar-refractivity contribution is 5.87. The van der Waals surface area contributed by atoms with Gasteiger partial charge < -0.3 is 15.0 Å². The summed E-state index contributed by atoms with van der Waals surface area (Å²) in [4.78, 5) is 13.9. The van der Waals surface area contributed by atoms with E-state index in [1.165, 1.54) is 6.21 Å². The Morgan fingerprint density at radius 1 is 1.40 bits per heavy atom. The van der Waals surface area contributed by atoms with Gasteiger partial charge in [-0.3, -0.25) is 4.79 Å². The van der Waals surface area contributed by atoms with E-state index >= 15 is 0 Å². The first-order valence-corrected chi connectivity index (χ1v) is 6.71. The van der Waals surface area contributed by atoms with Crippen molar-refractivity contribution in [2.75, 3.05) is 13.6 Å². The fraction of sp³-hybridized carbons (Fsp3) is 0.375. The van der Waals surface area contributed by atoms with E-state index in [0.717, 1.165) is 12.1 Å². The summed E-state index contributed by atoms with van der Waals surface area (Å²) in [6.07, 6.45) is 3.02. The van der Waals surface area contributed by atoms with Gasteiger partial charge in [0.15, 0.2) is 0 Å². The van der Waals surface area contributed by atoms with E-state index in [0.29, 0.717) is 5.57 Å².